The summed E-state index contributed by atoms with van der Waals surface area (Å²) in [5.41, 5.74) is 5.32. The minimum Gasteiger partial charge on any atom is -0.462 e. The maximum absolute atomic E-state index is 9.60. The largest absolute Gasteiger partial charge is 0.462 e. The lowest BCUT2D eigenvalue weighted by atomic mass is 9.97. The summed E-state index contributed by atoms with van der Waals surface area (Å²) in [6.07, 6.45) is 6.66. The average molecular weight is 201 g/mol. The normalized spacial score (nSPS) is 18.0. The van der Waals surface area contributed by atoms with Gasteiger partial charge in [0, 0.05) is 6.04 Å². The van der Waals surface area contributed by atoms with Gasteiger partial charge in [0.15, 0.2) is 0 Å². The SMILES string of the molecule is CC(C)(C)OC=O.NC1CCCCC1. The summed E-state index contributed by atoms with van der Waals surface area (Å²) >= 11 is 0. The molecule has 0 unspecified atom stereocenters. The third-order valence-electron chi connectivity index (χ3n) is 2.05. The Kier molecular flexibility index (Phi) is 6.54. The van der Waals surface area contributed by atoms with Crippen LogP contribution in [0.5, 0.6) is 0 Å². The van der Waals surface area contributed by atoms with Gasteiger partial charge in [0.25, 0.3) is 6.47 Å². The first-order valence-corrected chi connectivity index (χ1v) is 5.33. The van der Waals surface area contributed by atoms with Crippen LogP contribution >= 0.6 is 0 Å². The molecule has 1 fully saturated rings. The first-order valence-electron chi connectivity index (χ1n) is 5.33. The highest BCUT2D eigenvalue weighted by atomic mass is 16.5. The highest BCUT2D eigenvalue weighted by Gasteiger charge is 2.07. The van der Waals surface area contributed by atoms with Crippen molar-refractivity contribution >= 4 is 6.47 Å². The van der Waals surface area contributed by atoms with Crippen molar-refractivity contribution in [3.63, 3.8) is 0 Å². The Morgan fingerprint density at radius 3 is 1.86 bits per heavy atom. The van der Waals surface area contributed by atoms with Gasteiger partial charge in [-0.2, -0.15) is 0 Å². The quantitative estimate of drug-likeness (QED) is 0.662. The molecule has 0 bridgehead atoms. The number of rotatable bonds is 1. The highest BCUT2D eigenvalue weighted by molar-refractivity contribution is 5.37. The summed E-state index contributed by atoms with van der Waals surface area (Å²) in [6, 6.07) is 0.536. The number of ether oxygens (including phenoxy) is 1. The standard InChI is InChI=1S/C6H13N.C5H10O2/c7-6-4-2-1-3-5-6;1-5(2,3)7-4-6/h6H,1-5,7H2;4H,1-3H3. The van der Waals surface area contributed by atoms with Gasteiger partial charge in [0.1, 0.15) is 5.60 Å². The predicted molar refractivity (Wildman–Crippen MR) is 58.0 cm³/mol. The molecule has 0 aromatic rings. The van der Waals surface area contributed by atoms with Crippen LogP contribution in [-0.4, -0.2) is 18.1 Å². The minimum atomic E-state index is -0.318. The molecule has 0 aromatic carbocycles. The van der Waals surface area contributed by atoms with Crippen LogP contribution in [0.4, 0.5) is 0 Å². The Labute approximate surface area is 87.0 Å². The van der Waals surface area contributed by atoms with Crippen LogP contribution in [0.3, 0.4) is 0 Å². The van der Waals surface area contributed by atoms with Crippen molar-refractivity contribution in [2.24, 2.45) is 5.73 Å². The molecular weight excluding hydrogens is 178 g/mol. The fraction of sp³-hybridized carbons (Fsp3) is 0.909. The van der Waals surface area contributed by atoms with Crippen molar-refractivity contribution in [1.82, 2.24) is 0 Å². The summed E-state index contributed by atoms with van der Waals surface area (Å²) in [5, 5.41) is 0. The Bertz CT molecular complexity index is 146. The second-order valence-electron chi connectivity index (χ2n) is 4.72. The number of nitrogens with two attached hydrogens (primary N) is 1. The lowest BCUT2D eigenvalue weighted by Crippen LogP contribution is -2.22. The maximum Gasteiger partial charge on any atom is 0.293 e. The minimum absolute atomic E-state index is 0.318. The van der Waals surface area contributed by atoms with E-state index in [-0.39, 0.29) is 5.60 Å². The van der Waals surface area contributed by atoms with Crippen LogP contribution in [-0.2, 0) is 9.53 Å². The second-order valence-corrected chi connectivity index (χ2v) is 4.72. The first kappa shape index (κ1) is 13.4. The summed E-state index contributed by atoms with van der Waals surface area (Å²) < 4.78 is 4.55. The van der Waals surface area contributed by atoms with Crippen LogP contribution in [0.1, 0.15) is 52.9 Å². The molecule has 2 N–H and O–H groups in total. The fourth-order valence-electron chi connectivity index (χ4n) is 1.28. The number of carbonyl (C=O) groups excluding carboxylic acids is 1. The molecule has 1 aliphatic carbocycles. The molecule has 14 heavy (non-hydrogen) atoms. The van der Waals surface area contributed by atoms with E-state index < -0.39 is 0 Å². The monoisotopic (exact) mass is 201 g/mol. The van der Waals surface area contributed by atoms with Crippen molar-refractivity contribution in [3.8, 4) is 0 Å². The number of hydrogen-bond acceptors (Lipinski definition) is 3. The lowest BCUT2D eigenvalue weighted by molar-refractivity contribution is -0.138. The van der Waals surface area contributed by atoms with E-state index in [9.17, 15) is 4.79 Å². The van der Waals surface area contributed by atoms with Crippen LogP contribution in [0, 0.1) is 0 Å². The molecule has 0 amide bonds. The molecule has 0 aromatic heterocycles. The molecule has 0 heterocycles. The van der Waals surface area contributed by atoms with Gasteiger partial charge in [0.05, 0.1) is 0 Å². The number of hydrogen-bond donors (Lipinski definition) is 1. The van der Waals surface area contributed by atoms with Gasteiger partial charge in [-0.1, -0.05) is 19.3 Å². The predicted octanol–water partition coefficient (Wildman–Crippen LogP) is 2.24. The zero-order valence-corrected chi connectivity index (χ0v) is 9.58. The van der Waals surface area contributed by atoms with Crippen LogP contribution in [0.15, 0.2) is 0 Å². The first-order chi connectivity index (χ1) is 6.45. The summed E-state index contributed by atoms with van der Waals surface area (Å²) in [5.74, 6) is 0. The summed E-state index contributed by atoms with van der Waals surface area (Å²) in [6.45, 7) is 5.92. The summed E-state index contributed by atoms with van der Waals surface area (Å²) in [4.78, 5) is 9.60. The van der Waals surface area contributed by atoms with Gasteiger partial charge >= 0.3 is 0 Å². The molecule has 0 aliphatic heterocycles. The maximum atomic E-state index is 9.60. The van der Waals surface area contributed by atoms with E-state index in [1.807, 2.05) is 20.8 Å². The smallest absolute Gasteiger partial charge is 0.293 e. The lowest BCUT2D eigenvalue weighted by Gasteiger charge is -2.15. The molecule has 3 heteroatoms. The molecule has 1 rings (SSSR count). The topological polar surface area (TPSA) is 52.3 Å². The van der Waals surface area contributed by atoms with Gasteiger partial charge in [-0.3, -0.25) is 4.79 Å². The molecule has 84 valence electrons. The highest BCUT2D eigenvalue weighted by Crippen LogP contribution is 2.14. The van der Waals surface area contributed by atoms with E-state index >= 15 is 0 Å². The third-order valence-corrected chi connectivity index (χ3v) is 2.05. The molecule has 0 saturated heterocycles. The zero-order chi connectivity index (χ0) is 11.0. The Hall–Kier alpha value is -0.570. The molecule has 1 saturated carbocycles. The molecule has 1 aliphatic rings. The van der Waals surface area contributed by atoms with Crippen molar-refractivity contribution in [2.75, 3.05) is 0 Å². The molecule has 3 nitrogen and oxygen atoms in total. The van der Waals surface area contributed by atoms with E-state index in [1.54, 1.807) is 0 Å². The van der Waals surface area contributed by atoms with E-state index in [4.69, 9.17) is 5.73 Å². The van der Waals surface area contributed by atoms with Gasteiger partial charge in [-0.15, -0.1) is 0 Å². The van der Waals surface area contributed by atoms with Gasteiger partial charge in [-0.25, -0.2) is 0 Å². The van der Waals surface area contributed by atoms with Gasteiger partial charge in [-0.05, 0) is 33.6 Å². The Balaban J connectivity index is 0.000000241. The van der Waals surface area contributed by atoms with E-state index in [0.717, 1.165) is 0 Å². The van der Waals surface area contributed by atoms with Crippen LogP contribution in [0.25, 0.3) is 0 Å². The molecular formula is C11H23NO2. The Morgan fingerprint density at radius 2 is 1.71 bits per heavy atom. The van der Waals surface area contributed by atoms with Crippen LogP contribution < -0.4 is 5.73 Å². The van der Waals surface area contributed by atoms with Crippen molar-refractivity contribution in [2.45, 2.75) is 64.5 Å². The van der Waals surface area contributed by atoms with E-state index in [1.165, 1.54) is 32.1 Å². The van der Waals surface area contributed by atoms with Crippen molar-refractivity contribution in [3.05, 3.63) is 0 Å². The fourth-order valence-corrected chi connectivity index (χ4v) is 1.28. The molecule has 0 radical (unpaired) electrons. The zero-order valence-electron chi connectivity index (χ0n) is 9.58. The third kappa shape index (κ3) is 9.52. The van der Waals surface area contributed by atoms with Gasteiger partial charge < -0.3 is 10.5 Å². The van der Waals surface area contributed by atoms with Crippen LogP contribution in [0.2, 0.25) is 0 Å². The van der Waals surface area contributed by atoms with E-state index in [2.05, 4.69) is 4.74 Å². The van der Waals surface area contributed by atoms with Crippen molar-refractivity contribution in [1.29, 1.82) is 0 Å². The molecule has 0 atom stereocenters. The average Bonchev–Trinajstić information content (AvgIpc) is 2.04. The second kappa shape index (κ2) is 6.82. The van der Waals surface area contributed by atoms with E-state index in [0.29, 0.717) is 12.5 Å². The van der Waals surface area contributed by atoms with Gasteiger partial charge in [0.2, 0.25) is 0 Å². The molecule has 0 spiro atoms. The summed E-state index contributed by atoms with van der Waals surface area (Å²) in [7, 11) is 0. The van der Waals surface area contributed by atoms with Crippen molar-refractivity contribution < 1.29 is 9.53 Å². The Morgan fingerprint density at radius 1 is 1.21 bits per heavy atom. The number of carbonyl (C=O) groups is 1.